The number of nitrogens with zero attached hydrogens (tertiary/aromatic N) is 3. The van der Waals surface area contributed by atoms with E-state index in [1.54, 1.807) is 36.4 Å². The third-order valence-electron chi connectivity index (χ3n) is 5.76. The molecule has 0 saturated carbocycles. The zero-order valence-corrected chi connectivity index (χ0v) is 19.9. The molecule has 2 aromatic carbocycles. The lowest BCUT2D eigenvalue weighted by molar-refractivity contribution is 0.265. The van der Waals surface area contributed by atoms with Crippen LogP contribution in [0.25, 0.3) is 11.4 Å². The molecule has 1 aliphatic heterocycles. The van der Waals surface area contributed by atoms with Crippen molar-refractivity contribution in [2.45, 2.75) is 30.6 Å². The molecule has 1 unspecified atom stereocenters. The van der Waals surface area contributed by atoms with Crippen molar-refractivity contribution in [1.82, 2.24) is 14.4 Å². The van der Waals surface area contributed by atoms with Gasteiger partial charge in [0.15, 0.2) is 11.5 Å². The molecule has 1 aliphatic rings. The number of aryl methyl sites for hydroxylation is 1. The molecule has 176 valence electrons. The molecule has 0 amide bonds. The Kier molecular flexibility index (Phi) is 6.57. The third kappa shape index (κ3) is 4.53. The number of rotatable bonds is 7. The van der Waals surface area contributed by atoms with E-state index in [0.717, 1.165) is 12.0 Å². The van der Waals surface area contributed by atoms with Crippen LogP contribution in [0.2, 0.25) is 0 Å². The topological polar surface area (TPSA) is 104 Å². The highest BCUT2D eigenvalue weighted by molar-refractivity contribution is 7.89. The van der Waals surface area contributed by atoms with Crippen LogP contribution in [0.5, 0.6) is 17.2 Å². The van der Waals surface area contributed by atoms with Crippen LogP contribution in [0, 0.1) is 6.92 Å². The van der Waals surface area contributed by atoms with Crippen LogP contribution >= 0.6 is 0 Å². The van der Waals surface area contributed by atoms with Gasteiger partial charge in [-0.25, -0.2) is 8.42 Å². The number of ether oxygens (including phenoxy) is 3. The Bertz CT molecular complexity index is 1200. The molecule has 33 heavy (non-hydrogen) atoms. The molecular weight excluding hydrogens is 446 g/mol. The second kappa shape index (κ2) is 9.40. The fraction of sp³-hybridized carbons (Fsp3) is 0.391. The molecule has 1 atom stereocenters. The van der Waals surface area contributed by atoms with Crippen molar-refractivity contribution in [2.24, 2.45) is 0 Å². The number of hydrogen-bond acceptors (Lipinski definition) is 8. The zero-order valence-electron chi connectivity index (χ0n) is 19.1. The van der Waals surface area contributed by atoms with Crippen LogP contribution in [0.4, 0.5) is 0 Å². The molecule has 9 nitrogen and oxygen atoms in total. The molecular formula is C23H27N3O6S. The first-order chi connectivity index (χ1) is 15.9. The first-order valence-corrected chi connectivity index (χ1v) is 12.0. The SMILES string of the molecule is COc1cc(-c2noc(C3CCCN(S(=O)(=O)c4ccc(C)cc4)C3)n2)cc(OC)c1OC. The highest BCUT2D eigenvalue weighted by Gasteiger charge is 2.33. The van der Waals surface area contributed by atoms with E-state index in [0.29, 0.717) is 47.5 Å². The van der Waals surface area contributed by atoms with Crippen molar-refractivity contribution in [1.29, 1.82) is 0 Å². The maximum Gasteiger partial charge on any atom is 0.243 e. The van der Waals surface area contributed by atoms with E-state index in [-0.39, 0.29) is 17.4 Å². The number of hydrogen-bond donors (Lipinski definition) is 0. The van der Waals surface area contributed by atoms with Gasteiger partial charge in [0.05, 0.1) is 32.1 Å². The van der Waals surface area contributed by atoms with Gasteiger partial charge in [-0.05, 0) is 44.0 Å². The van der Waals surface area contributed by atoms with Crippen LogP contribution in [-0.4, -0.2) is 57.3 Å². The molecule has 1 fully saturated rings. The molecule has 10 heteroatoms. The fourth-order valence-corrected chi connectivity index (χ4v) is 5.47. The summed E-state index contributed by atoms with van der Waals surface area (Å²) < 4.78 is 49.5. The summed E-state index contributed by atoms with van der Waals surface area (Å²) in [4.78, 5) is 4.85. The predicted molar refractivity (Wildman–Crippen MR) is 121 cm³/mol. The quantitative estimate of drug-likeness (QED) is 0.512. The Balaban J connectivity index is 1.58. The summed E-state index contributed by atoms with van der Waals surface area (Å²) in [6.45, 7) is 2.67. The van der Waals surface area contributed by atoms with E-state index in [1.807, 2.05) is 6.92 Å². The van der Waals surface area contributed by atoms with Crippen LogP contribution < -0.4 is 14.2 Å². The first-order valence-electron chi connectivity index (χ1n) is 10.6. The van der Waals surface area contributed by atoms with Gasteiger partial charge in [0.1, 0.15) is 0 Å². The average Bonchev–Trinajstić information content (AvgIpc) is 3.34. The summed E-state index contributed by atoms with van der Waals surface area (Å²) >= 11 is 0. The highest BCUT2D eigenvalue weighted by Crippen LogP contribution is 2.41. The van der Waals surface area contributed by atoms with E-state index in [9.17, 15) is 8.42 Å². The maximum atomic E-state index is 13.1. The van der Waals surface area contributed by atoms with Gasteiger partial charge in [-0.3, -0.25) is 0 Å². The second-order valence-electron chi connectivity index (χ2n) is 7.89. The summed E-state index contributed by atoms with van der Waals surface area (Å²) in [5, 5.41) is 4.12. The van der Waals surface area contributed by atoms with Crippen molar-refractivity contribution in [2.75, 3.05) is 34.4 Å². The molecule has 1 aromatic heterocycles. The molecule has 0 spiro atoms. The van der Waals surface area contributed by atoms with Crippen molar-refractivity contribution in [3.63, 3.8) is 0 Å². The van der Waals surface area contributed by atoms with E-state index < -0.39 is 10.0 Å². The molecule has 1 saturated heterocycles. The van der Waals surface area contributed by atoms with Gasteiger partial charge in [0, 0.05) is 18.7 Å². The van der Waals surface area contributed by atoms with Gasteiger partial charge in [-0.2, -0.15) is 9.29 Å². The van der Waals surface area contributed by atoms with Crippen molar-refractivity contribution in [3.8, 4) is 28.6 Å². The Labute approximate surface area is 193 Å². The molecule has 0 N–H and O–H groups in total. The molecule has 0 radical (unpaired) electrons. The minimum absolute atomic E-state index is 0.192. The minimum atomic E-state index is -3.59. The zero-order chi connectivity index (χ0) is 23.6. The summed E-state index contributed by atoms with van der Waals surface area (Å²) in [5.74, 6) is 2.00. The Morgan fingerprint density at radius 1 is 1.03 bits per heavy atom. The lowest BCUT2D eigenvalue weighted by Gasteiger charge is -2.30. The van der Waals surface area contributed by atoms with Crippen LogP contribution in [0.1, 0.15) is 30.2 Å². The number of sulfonamides is 1. The standard InChI is InChI=1S/C23H27N3O6S/c1-15-7-9-18(10-8-15)33(27,28)26-11-5-6-16(14-26)23-24-22(25-32-23)17-12-19(29-2)21(31-4)20(13-17)30-3/h7-10,12-13,16H,5-6,11,14H2,1-4H3. The predicted octanol–water partition coefficient (Wildman–Crippen LogP) is 3.64. The van der Waals surface area contributed by atoms with Crippen molar-refractivity contribution in [3.05, 3.63) is 47.9 Å². The molecule has 0 bridgehead atoms. The van der Waals surface area contributed by atoms with Gasteiger partial charge < -0.3 is 18.7 Å². The van der Waals surface area contributed by atoms with Crippen molar-refractivity contribution >= 4 is 10.0 Å². The van der Waals surface area contributed by atoms with Crippen LogP contribution in [-0.2, 0) is 10.0 Å². The Morgan fingerprint density at radius 3 is 2.30 bits per heavy atom. The van der Waals surface area contributed by atoms with Crippen LogP contribution in [0.3, 0.4) is 0 Å². The second-order valence-corrected chi connectivity index (χ2v) is 9.82. The summed E-state index contributed by atoms with van der Waals surface area (Å²) in [5.41, 5.74) is 1.65. The molecule has 0 aliphatic carbocycles. The lowest BCUT2D eigenvalue weighted by atomic mass is 10.00. The molecule has 4 rings (SSSR count). The largest absolute Gasteiger partial charge is 0.493 e. The van der Waals surface area contributed by atoms with E-state index in [2.05, 4.69) is 10.1 Å². The summed E-state index contributed by atoms with van der Waals surface area (Å²) in [7, 11) is 1.01. The number of methoxy groups -OCH3 is 3. The van der Waals surface area contributed by atoms with Gasteiger partial charge in [0.2, 0.25) is 27.5 Å². The van der Waals surface area contributed by atoms with Gasteiger partial charge in [-0.1, -0.05) is 22.9 Å². The van der Waals surface area contributed by atoms with E-state index >= 15 is 0 Å². The molecule has 2 heterocycles. The number of piperidine rings is 1. The maximum absolute atomic E-state index is 13.1. The third-order valence-corrected chi connectivity index (χ3v) is 7.64. The summed E-state index contributed by atoms with van der Waals surface area (Å²) in [6.07, 6.45) is 1.47. The average molecular weight is 474 g/mol. The fourth-order valence-electron chi connectivity index (χ4n) is 3.95. The van der Waals surface area contributed by atoms with E-state index in [1.165, 1.54) is 25.6 Å². The summed E-state index contributed by atoms with van der Waals surface area (Å²) in [6, 6.07) is 10.4. The number of benzene rings is 2. The van der Waals surface area contributed by atoms with Gasteiger partial charge in [-0.15, -0.1) is 0 Å². The smallest absolute Gasteiger partial charge is 0.243 e. The first kappa shape index (κ1) is 23.1. The number of aromatic nitrogens is 2. The Hall–Kier alpha value is -3.11. The highest BCUT2D eigenvalue weighted by atomic mass is 32.2. The van der Waals surface area contributed by atoms with E-state index in [4.69, 9.17) is 18.7 Å². The van der Waals surface area contributed by atoms with Gasteiger partial charge >= 0.3 is 0 Å². The normalized spacial score (nSPS) is 17.0. The van der Waals surface area contributed by atoms with Crippen molar-refractivity contribution < 1.29 is 27.2 Å². The lowest BCUT2D eigenvalue weighted by Crippen LogP contribution is -2.39. The monoisotopic (exact) mass is 473 g/mol. The molecule has 3 aromatic rings. The van der Waals surface area contributed by atoms with Crippen LogP contribution in [0.15, 0.2) is 45.8 Å². The Morgan fingerprint density at radius 2 is 1.70 bits per heavy atom. The van der Waals surface area contributed by atoms with Gasteiger partial charge in [0.25, 0.3) is 0 Å². The minimum Gasteiger partial charge on any atom is -0.493 e.